The summed E-state index contributed by atoms with van der Waals surface area (Å²) in [6.45, 7) is 2.85. The highest BCUT2D eigenvalue weighted by Gasteiger charge is 1.98. The van der Waals surface area contributed by atoms with Gasteiger partial charge in [0.2, 0.25) is 0 Å². The number of hydrogen-bond donors (Lipinski definition) is 2. The molecule has 4 heteroatoms. The minimum absolute atomic E-state index is 0.704. The van der Waals surface area contributed by atoms with Gasteiger partial charge in [0.25, 0.3) is 0 Å². The van der Waals surface area contributed by atoms with Gasteiger partial charge < -0.3 is 11.1 Å². The van der Waals surface area contributed by atoms with Gasteiger partial charge in [0.05, 0.1) is 11.4 Å². The van der Waals surface area contributed by atoms with Crippen molar-refractivity contribution in [1.82, 2.24) is 0 Å². The van der Waals surface area contributed by atoms with Crippen LogP contribution in [-0.4, -0.2) is 22.8 Å². The smallest absolute Gasteiger partial charge is 0.0576 e. The van der Waals surface area contributed by atoms with Crippen molar-refractivity contribution < 1.29 is 4.21 Å². The number of nitrogen functional groups attached to an aromatic ring is 1. The van der Waals surface area contributed by atoms with Crippen LogP contribution in [-0.2, 0) is 10.8 Å². The Morgan fingerprint density at radius 2 is 2.20 bits per heavy atom. The number of nitrogens with one attached hydrogen (secondary N) is 1. The SMILES string of the molecule is Cc1ccc(N)c(NCCCS(C)=O)c1. The van der Waals surface area contributed by atoms with Gasteiger partial charge in [-0.2, -0.15) is 0 Å². The molecule has 0 aliphatic rings. The Balaban J connectivity index is 2.43. The summed E-state index contributed by atoms with van der Waals surface area (Å²) in [7, 11) is -0.704. The fourth-order valence-corrected chi connectivity index (χ4v) is 1.87. The van der Waals surface area contributed by atoms with E-state index in [1.165, 1.54) is 5.56 Å². The Morgan fingerprint density at radius 1 is 1.47 bits per heavy atom. The molecule has 3 N–H and O–H groups in total. The Labute approximate surface area is 93.5 Å². The van der Waals surface area contributed by atoms with Crippen LogP contribution in [0.3, 0.4) is 0 Å². The van der Waals surface area contributed by atoms with E-state index in [0.29, 0.717) is 0 Å². The van der Waals surface area contributed by atoms with Crippen LogP contribution >= 0.6 is 0 Å². The maximum atomic E-state index is 10.8. The van der Waals surface area contributed by atoms with Crippen LogP contribution in [0.5, 0.6) is 0 Å². The number of hydrogen-bond acceptors (Lipinski definition) is 3. The zero-order valence-electron chi connectivity index (χ0n) is 9.25. The molecule has 1 aromatic carbocycles. The van der Waals surface area contributed by atoms with Crippen molar-refractivity contribution >= 4 is 22.2 Å². The van der Waals surface area contributed by atoms with E-state index in [1.54, 1.807) is 6.26 Å². The fraction of sp³-hybridized carbons (Fsp3) is 0.455. The third-order valence-corrected chi connectivity index (χ3v) is 3.00. The molecule has 84 valence electrons. The Bertz CT molecular complexity index is 352. The van der Waals surface area contributed by atoms with Gasteiger partial charge in [-0.1, -0.05) is 6.07 Å². The highest BCUT2D eigenvalue weighted by Crippen LogP contribution is 2.19. The third-order valence-electron chi connectivity index (χ3n) is 2.13. The monoisotopic (exact) mass is 226 g/mol. The van der Waals surface area contributed by atoms with Crippen LogP contribution in [0.1, 0.15) is 12.0 Å². The second-order valence-corrected chi connectivity index (χ2v) is 5.20. The first kappa shape index (κ1) is 12.0. The van der Waals surface area contributed by atoms with Gasteiger partial charge >= 0.3 is 0 Å². The Hall–Kier alpha value is -1.03. The highest BCUT2D eigenvalue weighted by molar-refractivity contribution is 7.84. The molecule has 1 atom stereocenters. The van der Waals surface area contributed by atoms with Crippen molar-refractivity contribution in [3.8, 4) is 0 Å². The maximum absolute atomic E-state index is 10.8. The van der Waals surface area contributed by atoms with E-state index in [2.05, 4.69) is 5.32 Å². The van der Waals surface area contributed by atoms with E-state index < -0.39 is 10.8 Å². The molecular formula is C11H18N2OS. The number of rotatable bonds is 5. The second-order valence-electron chi connectivity index (χ2n) is 3.65. The standard InChI is InChI=1S/C11H18N2OS/c1-9-4-5-10(12)11(8-9)13-6-3-7-15(2)14/h4-5,8,13H,3,6-7,12H2,1-2H3. The first-order chi connectivity index (χ1) is 7.09. The fourth-order valence-electron chi connectivity index (χ4n) is 1.32. The summed E-state index contributed by atoms with van der Waals surface area (Å²) in [5, 5.41) is 3.25. The van der Waals surface area contributed by atoms with Gasteiger partial charge in [0, 0.05) is 29.4 Å². The third kappa shape index (κ3) is 4.34. The quantitative estimate of drug-likeness (QED) is 0.594. The molecule has 0 amide bonds. The van der Waals surface area contributed by atoms with Crippen molar-refractivity contribution in [2.24, 2.45) is 0 Å². The molecule has 3 nitrogen and oxygen atoms in total. The predicted octanol–water partition coefficient (Wildman–Crippen LogP) is 1.76. The summed E-state index contributed by atoms with van der Waals surface area (Å²) < 4.78 is 10.8. The topological polar surface area (TPSA) is 55.1 Å². The number of aryl methyl sites for hydroxylation is 1. The molecule has 1 aromatic rings. The van der Waals surface area contributed by atoms with Gasteiger partial charge in [0.15, 0.2) is 0 Å². The molecule has 0 heterocycles. The molecule has 1 rings (SSSR count). The van der Waals surface area contributed by atoms with Crippen molar-refractivity contribution in [2.45, 2.75) is 13.3 Å². The maximum Gasteiger partial charge on any atom is 0.0576 e. The van der Waals surface area contributed by atoms with Gasteiger partial charge in [-0.3, -0.25) is 4.21 Å². The first-order valence-corrected chi connectivity index (χ1v) is 6.72. The molecule has 0 aromatic heterocycles. The average molecular weight is 226 g/mol. The Kier molecular flexibility index (Phi) is 4.62. The van der Waals surface area contributed by atoms with Crippen molar-refractivity contribution in [2.75, 3.05) is 29.6 Å². The van der Waals surface area contributed by atoms with Gasteiger partial charge in [0.1, 0.15) is 0 Å². The second kappa shape index (κ2) is 5.75. The molecule has 0 saturated carbocycles. The molecule has 0 bridgehead atoms. The lowest BCUT2D eigenvalue weighted by Gasteiger charge is -2.09. The molecular weight excluding hydrogens is 208 g/mol. The number of anilines is 2. The van der Waals surface area contributed by atoms with Gasteiger partial charge in [-0.15, -0.1) is 0 Å². The summed E-state index contributed by atoms with van der Waals surface area (Å²) in [4.78, 5) is 0. The largest absolute Gasteiger partial charge is 0.397 e. The molecule has 15 heavy (non-hydrogen) atoms. The van der Waals surface area contributed by atoms with Crippen LogP contribution in [0, 0.1) is 6.92 Å². The van der Waals surface area contributed by atoms with Crippen molar-refractivity contribution in [3.63, 3.8) is 0 Å². The Morgan fingerprint density at radius 3 is 2.87 bits per heavy atom. The van der Waals surface area contributed by atoms with E-state index >= 15 is 0 Å². The molecule has 0 saturated heterocycles. The van der Waals surface area contributed by atoms with E-state index in [1.807, 2.05) is 25.1 Å². The van der Waals surface area contributed by atoms with E-state index in [0.717, 1.165) is 30.1 Å². The molecule has 0 radical (unpaired) electrons. The molecule has 0 spiro atoms. The van der Waals surface area contributed by atoms with E-state index in [4.69, 9.17) is 5.73 Å². The van der Waals surface area contributed by atoms with Crippen LogP contribution in [0.4, 0.5) is 11.4 Å². The first-order valence-electron chi connectivity index (χ1n) is 4.99. The summed E-state index contributed by atoms with van der Waals surface area (Å²) in [5.41, 5.74) is 8.73. The van der Waals surface area contributed by atoms with Crippen LogP contribution in [0.25, 0.3) is 0 Å². The van der Waals surface area contributed by atoms with Crippen LogP contribution in [0.15, 0.2) is 18.2 Å². The van der Waals surface area contributed by atoms with Crippen molar-refractivity contribution in [3.05, 3.63) is 23.8 Å². The molecule has 1 unspecified atom stereocenters. The zero-order chi connectivity index (χ0) is 11.3. The van der Waals surface area contributed by atoms with E-state index in [9.17, 15) is 4.21 Å². The normalized spacial score (nSPS) is 12.4. The van der Waals surface area contributed by atoms with Crippen molar-refractivity contribution in [1.29, 1.82) is 0 Å². The van der Waals surface area contributed by atoms with Gasteiger partial charge in [-0.05, 0) is 31.0 Å². The summed E-state index contributed by atoms with van der Waals surface area (Å²) >= 11 is 0. The van der Waals surface area contributed by atoms with E-state index in [-0.39, 0.29) is 0 Å². The lowest BCUT2D eigenvalue weighted by atomic mass is 10.2. The molecule has 0 aliphatic carbocycles. The summed E-state index contributed by atoms with van der Waals surface area (Å²) in [6.07, 6.45) is 2.62. The summed E-state index contributed by atoms with van der Waals surface area (Å²) in [6, 6.07) is 5.91. The highest BCUT2D eigenvalue weighted by atomic mass is 32.2. The minimum Gasteiger partial charge on any atom is -0.397 e. The van der Waals surface area contributed by atoms with Gasteiger partial charge in [-0.25, -0.2) is 0 Å². The van der Waals surface area contributed by atoms with Crippen LogP contribution < -0.4 is 11.1 Å². The molecule has 0 fully saturated rings. The number of nitrogens with two attached hydrogens (primary N) is 1. The number of benzene rings is 1. The lowest BCUT2D eigenvalue weighted by molar-refractivity contribution is 0.685. The summed E-state index contributed by atoms with van der Waals surface area (Å²) in [5.74, 6) is 0.735. The predicted molar refractivity (Wildman–Crippen MR) is 67.6 cm³/mol. The zero-order valence-corrected chi connectivity index (χ0v) is 10.1. The van der Waals surface area contributed by atoms with Crippen LogP contribution in [0.2, 0.25) is 0 Å². The average Bonchev–Trinajstić information content (AvgIpc) is 2.17. The lowest BCUT2D eigenvalue weighted by Crippen LogP contribution is -2.07. The molecule has 0 aliphatic heterocycles. The minimum atomic E-state index is -0.704.